The van der Waals surface area contributed by atoms with Gasteiger partial charge in [0.25, 0.3) is 0 Å². The van der Waals surface area contributed by atoms with Crippen LogP contribution in [-0.4, -0.2) is 63.3 Å². The van der Waals surface area contributed by atoms with Gasteiger partial charge in [-0.05, 0) is 31.2 Å². The van der Waals surface area contributed by atoms with E-state index in [1.165, 1.54) is 23.5 Å². The summed E-state index contributed by atoms with van der Waals surface area (Å²) in [5, 5.41) is 15.9. The predicted octanol–water partition coefficient (Wildman–Crippen LogP) is 6.86. The summed E-state index contributed by atoms with van der Waals surface area (Å²) in [6, 6.07) is 6.97. The number of anilines is 1. The lowest BCUT2D eigenvalue weighted by atomic mass is 10.1. The van der Waals surface area contributed by atoms with Gasteiger partial charge in [0.2, 0.25) is 5.88 Å². The Hall–Kier alpha value is -3.98. The molecule has 1 atom stereocenters. The standard InChI is InChI=1S/C23H18Cl2F3N5O2.C2HF3O2/c1-12(20-16(24)9-29-10-17(20)25)35-14-2-3-18-15(7-14)21(32-31-18)13-6-19-22(30-8-13)34-5-4-33(19)11-23(26,27)28;3-2(4,5)1(6)7/h2-3,6-10,12H,4-5,11H2,1H3,(H,31,32);(H,6,7)/t12-;/m1./s1. The van der Waals surface area contributed by atoms with Crippen molar-refractivity contribution in [2.45, 2.75) is 25.4 Å². The fourth-order valence-corrected chi connectivity index (χ4v) is 4.69. The van der Waals surface area contributed by atoms with Crippen LogP contribution in [0, 0.1) is 0 Å². The monoisotopic (exact) mass is 637 g/mol. The summed E-state index contributed by atoms with van der Waals surface area (Å²) in [5.41, 5.74) is 2.66. The van der Waals surface area contributed by atoms with E-state index in [4.69, 9.17) is 42.6 Å². The lowest BCUT2D eigenvalue weighted by molar-refractivity contribution is -0.192. The average molecular weight is 638 g/mol. The molecule has 1 aromatic carbocycles. The predicted molar refractivity (Wildman–Crippen MR) is 140 cm³/mol. The molecule has 0 saturated carbocycles. The number of hydrogen-bond acceptors (Lipinski definition) is 7. The second-order valence-electron chi connectivity index (χ2n) is 8.79. The van der Waals surface area contributed by atoms with E-state index >= 15 is 0 Å². The molecular weight excluding hydrogens is 619 g/mol. The number of hydrogen-bond donors (Lipinski definition) is 2. The minimum absolute atomic E-state index is 0.106. The minimum Gasteiger partial charge on any atom is -0.486 e. The zero-order valence-corrected chi connectivity index (χ0v) is 22.7. The molecule has 0 radical (unpaired) electrons. The first kappa shape index (κ1) is 31.0. The molecule has 42 heavy (non-hydrogen) atoms. The van der Waals surface area contributed by atoms with Gasteiger partial charge in [0.1, 0.15) is 36.4 Å². The van der Waals surface area contributed by atoms with Crippen LogP contribution in [0.5, 0.6) is 11.6 Å². The van der Waals surface area contributed by atoms with E-state index < -0.39 is 31.0 Å². The Morgan fingerprint density at radius 3 is 2.43 bits per heavy atom. The van der Waals surface area contributed by atoms with Crippen molar-refractivity contribution in [1.29, 1.82) is 0 Å². The molecule has 4 heterocycles. The van der Waals surface area contributed by atoms with Crippen LogP contribution in [0.2, 0.25) is 10.0 Å². The molecule has 1 aliphatic rings. The summed E-state index contributed by atoms with van der Waals surface area (Å²) < 4.78 is 82.5. The van der Waals surface area contributed by atoms with Gasteiger partial charge in [-0.25, -0.2) is 9.78 Å². The Labute approximate surface area is 243 Å². The van der Waals surface area contributed by atoms with E-state index in [-0.39, 0.29) is 24.7 Å². The van der Waals surface area contributed by atoms with E-state index in [2.05, 4.69) is 20.2 Å². The molecular formula is C25H19Cl2F6N5O4. The van der Waals surface area contributed by atoms with Crippen molar-refractivity contribution in [2.75, 3.05) is 24.6 Å². The third kappa shape index (κ3) is 7.26. The maximum absolute atomic E-state index is 13.1. The minimum atomic E-state index is -5.08. The largest absolute Gasteiger partial charge is 0.490 e. The molecule has 4 aromatic rings. The highest BCUT2D eigenvalue weighted by Crippen LogP contribution is 2.38. The smallest absolute Gasteiger partial charge is 0.486 e. The van der Waals surface area contributed by atoms with E-state index in [0.29, 0.717) is 38.0 Å². The zero-order valence-electron chi connectivity index (χ0n) is 21.2. The first-order valence-corrected chi connectivity index (χ1v) is 12.6. The first-order chi connectivity index (χ1) is 19.6. The number of aliphatic carboxylic acids is 1. The van der Waals surface area contributed by atoms with Crippen LogP contribution in [-0.2, 0) is 4.79 Å². The van der Waals surface area contributed by atoms with Crippen LogP contribution in [0.1, 0.15) is 18.6 Å². The molecule has 2 N–H and O–H groups in total. The Morgan fingerprint density at radius 1 is 1.14 bits per heavy atom. The number of rotatable bonds is 5. The van der Waals surface area contributed by atoms with E-state index in [0.717, 1.165) is 5.52 Å². The van der Waals surface area contributed by atoms with Gasteiger partial charge < -0.3 is 19.5 Å². The van der Waals surface area contributed by atoms with Crippen LogP contribution < -0.4 is 14.4 Å². The van der Waals surface area contributed by atoms with Gasteiger partial charge in [-0.1, -0.05) is 23.2 Å². The summed E-state index contributed by atoms with van der Waals surface area (Å²) in [5.74, 6) is -2.06. The molecule has 5 rings (SSSR count). The highest BCUT2D eigenvalue weighted by molar-refractivity contribution is 6.35. The fraction of sp³-hybridized carbons (Fsp3) is 0.280. The van der Waals surface area contributed by atoms with E-state index in [1.54, 1.807) is 24.3 Å². The Kier molecular flexibility index (Phi) is 8.92. The lowest BCUT2D eigenvalue weighted by Crippen LogP contribution is -2.40. The second-order valence-corrected chi connectivity index (χ2v) is 9.61. The number of pyridine rings is 2. The number of carbonyl (C=O) groups is 1. The zero-order chi connectivity index (χ0) is 30.8. The SMILES string of the molecule is C[C@@H](Oc1ccc2[nH]nc(-c3cnc4c(c3)N(CC(F)(F)F)CCO4)c2c1)c1c(Cl)cncc1Cl.O=C(O)C(F)(F)F. The van der Waals surface area contributed by atoms with Crippen molar-refractivity contribution < 1.29 is 45.7 Å². The number of alkyl halides is 6. The number of aromatic nitrogens is 4. The third-order valence-electron chi connectivity index (χ3n) is 5.80. The summed E-state index contributed by atoms with van der Waals surface area (Å²) in [6.07, 6.45) is -5.39. The number of ether oxygens (including phenoxy) is 2. The number of fused-ring (bicyclic) bond motifs is 2. The summed E-state index contributed by atoms with van der Waals surface area (Å²) in [7, 11) is 0. The van der Waals surface area contributed by atoms with Crippen molar-refractivity contribution in [2.24, 2.45) is 0 Å². The number of H-pyrrole nitrogens is 1. The van der Waals surface area contributed by atoms with Gasteiger partial charge in [0.05, 0.1) is 22.1 Å². The van der Waals surface area contributed by atoms with Crippen LogP contribution in [0.3, 0.4) is 0 Å². The van der Waals surface area contributed by atoms with E-state index in [1.807, 2.05) is 6.92 Å². The molecule has 0 spiro atoms. The van der Waals surface area contributed by atoms with Crippen molar-refractivity contribution in [1.82, 2.24) is 20.2 Å². The number of nitrogens with one attached hydrogen (secondary N) is 1. The summed E-state index contributed by atoms with van der Waals surface area (Å²) in [4.78, 5) is 18.3. The van der Waals surface area contributed by atoms with Gasteiger partial charge in [0.15, 0.2) is 0 Å². The van der Waals surface area contributed by atoms with Crippen LogP contribution >= 0.6 is 23.2 Å². The topological polar surface area (TPSA) is 113 Å². The van der Waals surface area contributed by atoms with Crippen molar-refractivity contribution in [3.05, 3.63) is 58.5 Å². The lowest BCUT2D eigenvalue weighted by Gasteiger charge is -2.31. The van der Waals surface area contributed by atoms with Crippen molar-refractivity contribution in [3.63, 3.8) is 0 Å². The number of aromatic amines is 1. The van der Waals surface area contributed by atoms with Gasteiger partial charge in [-0.2, -0.15) is 31.4 Å². The van der Waals surface area contributed by atoms with Gasteiger partial charge in [0, 0.05) is 35.1 Å². The number of benzene rings is 1. The van der Waals surface area contributed by atoms with Crippen molar-refractivity contribution >= 4 is 45.8 Å². The second kappa shape index (κ2) is 12.1. The summed E-state index contributed by atoms with van der Waals surface area (Å²) >= 11 is 12.5. The number of carboxylic acids is 1. The molecule has 0 aliphatic carbocycles. The Balaban J connectivity index is 0.000000517. The van der Waals surface area contributed by atoms with Crippen molar-refractivity contribution in [3.8, 4) is 22.9 Å². The molecule has 224 valence electrons. The maximum atomic E-state index is 13.1. The molecule has 0 fully saturated rings. The quantitative estimate of drug-likeness (QED) is 0.228. The molecule has 17 heteroatoms. The molecule has 3 aromatic heterocycles. The molecule has 1 aliphatic heterocycles. The highest BCUT2D eigenvalue weighted by atomic mass is 35.5. The van der Waals surface area contributed by atoms with Gasteiger partial charge in [-0.15, -0.1) is 0 Å². The molecule has 0 amide bonds. The molecule has 0 unspecified atom stereocenters. The average Bonchev–Trinajstić information content (AvgIpc) is 3.31. The Bertz CT molecular complexity index is 1580. The van der Waals surface area contributed by atoms with Gasteiger partial charge >= 0.3 is 18.3 Å². The molecule has 0 saturated heterocycles. The summed E-state index contributed by atoms with van der Waals surface area (Å²) in [6.45, 7) is 0.960. The first-order valence-electron chi connectivity index (χ1n) is 11.8. The van der Waals surface area contributed by atoms with Crippen LogP contribution in [0.25, 0.3) is 22.2 Å². The fourth-order valence-electron chi connectivity index (χ4n) is 4.02. The van der Waals surface area contributed by atoms with Crippen LogP contribution in [0.4, 0.5) is 32.0 Å². The number of halogens is 8. The van der Waals surface area contributed by atoms with E-state index in [9.17, 15) is 26.3 Å². The normalized spacial score (nSPS) is 14.0. The molecule has 9 nitrogen and oxygen atoms in total. The molecule has 0 bridgehead atoms. The third-order valence-corrected chi connectivity index (χ3v) is 6.41. The van der Waals surface area contributed by atoms with Crippen LogP contribution in [0.15, 0.2) is 42.9 Å². The maximum Gasteiger partial charge on any atom is 0.490 e. The van der Waals surface area contributed by atoms with Gasteiger partial charge in [-0.3, -0.25) is 10.1 Å². The highest BCUT2D eigenvalue weighted by Gasteiger charge is 2.38. The number of carboxylic acid groups (broad SMARTS) is 1. The Morgan fingerprint density at radius 2 is 1.81 bits per heavy atom. The number of nitrogens with zero attached hydrogens (tertiary/aromatic N) is 4.